The molecule has 0 unspecified atom stereocenters. The Bertz CT molecular complexity index is 388. The summed E-state index contributed by atoms with van der Waals surface area (Å²) in [4.78, 5) is 7.42. The first kappa shape index (κ1) is 13.7. The van der Waals surface area contributed by atoms with Gasteiger partial charge in [0, 0.05) is 17.3 Å². The van der Waals surface area contributed by atoms with Crippen molar-refractivity contribution in [2.24, 2.45) is 0 Å². The van der Waals surface area contributed by atoms with Gasteiger partial charge in [-0.15, -0.1) is 0 Å². The number of H-pyrrole nitrogens is 1. The van der Waals surface area contributed by atoms with Crippen molar-refractivity contribution in [1.82, 2.24) is 9.97 Å². The van der Waals surface area contributed by atoms with Crippen LogP contribution in [0.4, 0.5) is 0 Å². The van der Waals surface area contributed by atoms with Crippen molar-refractivity contribution in [3.8, 4) is 0 Å². The normalized spacial score (nSPS) is 8.67. The van der Waals surface area contributed by atoms with Crippen molar-refractivity contribution in [2.75, 3.05) is 0 Å². The van der Waals surface area contributed by atoms with E-state index in [4.69, 9.17) is 0 Å². The second kappa shape index (κ2) is 7.04. The monoisotopic (exact) mass is 206 g/mol. The average Bonchev–Trinajstić information content (AvgIpc) is 2.61. The first-order valence-corrected chi connectivity index (χ1v) is 5.69. The van der Waals surface area contributed by atoms with Gasteiger partial charge in [-0.25, -0.2) is 4.98 Å². The molecule has 2 rings (SSSR count). The molecule has 0 aliphatic rings. The number of fused-ring (bicyclic) bond motifs is 1. The molecule has 0 saturated carbocycles. The lowest BCUT2D eigenvalue weighted by molar-refractivity contribution is 1.22. The summed E-state index contributed by atoms with van der Waals surface area (Å²) in [6.45, 7) is 12.2. The van der Waals surface area contributed by atoms with E-state index in [0.29, 0.717) is 0 Å². The summed E-state index contributed by atoms with van der Waals surface area (Å²) in [5.41, 5.74) is 3.49. The first-order valence-electron chi connectivity index (χ1n) is 5.69. The highest BCUT2D eigenvalue weighted by Gasteiger charge is 2.01. The van der Waals surface area contributed by atoms with Gasteiger partial charge in [0.05, 0.1) is 0 Å². The molecule has 0 saturated heterocycles. The SMILES string of the molecule is CC.CC.Cc1[nH]c2ncccc2c1C. The van der Waals surface area contributed by atoms with Crippen LogP contribution >= 0.6 is 0 Å². The number of rotatable bonds is 0. The molecule has 1 N–H and O–H groups in total. The van der Waals surface area contributed by atoms with E-state index in [1.165, 1.54) is 16.6 Å². The molecule has 0 aliphatic heterocycles. The number of aromatic nitrogens is 2. The summed E-state index contributed by atoms with van der Waals surface area (Å²) in [7, 11) is 0. The van der Waals surface area contributed by atoms with Crippen LogP contribution in [0, 0.1) is 13.8 Å². The third-order valence-corrected chi connectivity index (χ3v) is 2.08. The molecule has 0 spiro atoms. The molecule has 0 fully saturated rings. The van der Waals surface area contributed by atoms with Gasteiger partial charge in [0.15, 0.2) is 0 Å². The molecule has 0 radical (unpaired) electrons. The summed E-state index contributed by atoms with van der Waals surface area (Å²) in [5.74, 6) is 0. The summed E-state index contributed by atoms with van der Waals surface area (Å²) in [6, 6.07) is 4.05. The van der Waals surface area contributed by atoms with Gasteiger partial charge in [0.2, 0.25) is 0 Å². The third-order valence-electron chi connectivity index (χ3n) is 2.08. The highest BCUT2D eigenvalue weighted by molar-refractivity contribution is 5.80. The number of aryl methyl sites for hydroxylation is 2. The maximum absolute atomic E-state index is 4.21. The second-order valence-corrected chi connectivity index (χ2v) is 2.77. The number of hydrogen-bond donors (Lipinski definition) is 1. The number of nitrogens with one attached hydrogen (secondary N) is 1. The molecule has 2 heterocycles. The molecule has 0 aliphatic carbocycles. The average molecular weight is 206 g/mol. The Morgan fingerprint density at radius 2 is 1.67 bits per heavy atom. The van der Waals surface area contributed by atoms with E-state index in [1.54, 1.807) is 6.20 Å². The second-order valence-electron chi connectivity index (χ2n) is 2.77. The zero-order valence-corrected chi connectivity index (χ0v) is 10.7. The molecule has 0 bridgehead atoms. The maximum Gasteiger partial charge on any atom is 0.137 e. The van der Waals surface area contributed by atoms with Gasteiger partial charge in [-0.2, -0.15) is 0 Å². The van der Waals surface area contributed by atoms with E-state index in [9.17, 15) is 0 Å². The van der Waals surface area contributed by atoms with Crippen LogP contribution in [0.1, 0.15) is 39.0 Å². The Morgan fingerprint density at radius 3 is 2.20 bits per heavy atom. The molecule has 0 amide bonds. The Morgan fingerprint density at radius 1 is 1.07 bits per heavy atom. The van der Waals surface area contributed by atoms with Crippen LogP contribution in [-0.2, 0) is 0 Å². The highest BCUT2D eigenvalue weighted by atomic mass is 14.8. The zero-order valence-electron chi connectivity index (χ0n) is 10.7. The predicted molar refractivity (Wildman–Crippen MR) is 68.3 cm³/mol. The van der Waals surface area contributed by atoms with Crippen molar-refractivity contribution < 1.29 is 0 Å². The molecule has 15 heavy (non-hydrogen) atoms. The van der Waals surface area contributed by atoms with Crippen LogP contribution in [0.5, 0.6) is 0 Å². The molecule has 84 valence electrons. The quantitative estimate of drug-likeness (QED) is 0.686. The van der Waals surface area contributed by atoms with Gasteiger partial charge in [0.25, 0.3) is 0 Å². The predicted octanol–water partition coefficient (Wildman–Crippen LogP) is 4.23. The highest BCUT2D eigenvalue weighted by Crippen LogP contribution is 2.17. The van der Waals surface area contributed by atoms with E-state index in [-0.39, 0.29) is 0 Å². The van der Waals surface area contributed by atoms with Crippen LogP contribution < -0.4 is 0 Å². The molecule has 2 heteroatoms. The van der Waals surface area contributed by atoms with Gasteiger partial charge < -0.3 is 4.98 Å². The molecule has 2 aromatic rings. The fourth-order valence-corrected chi connectivity index (χ4v) is 1.28. The third kappa shape index (κ3) is 3.08. The molecule has 2 nitrogen and oxygen atoms in total. The molecular formula is C13H22N2. The van der Waals surface area contributed by atoms with Crippen LogP contribution in [0.3, 0.4) is 0 Å². The smallest absolute Gasteiger partial charge is 0.137 e. The molecular weight excluding hydrogens is 184 g/mol. The number of nitrogens with zero attached hydrogens (tertiary/aromatic N) is 1. The minimum atomic E-state index is 0.988. The first-order chi connectivity index (χ1) is 7.29. The fourth-order valence-electron chi connectivity index (χ4n) is 1.28. The minimum absolute atomic E-state index is 0.988. The largest absolute Gasteiger partial charge is 0.343 e. The van der Waals surface area contributed by atoms with E-state index < -0.39 is 0 Å². The van der Waals surface area contributed by atoms with E-state index in [0.717, 1.165) is 5.65 Å². The van der Waals surface area contributed by atoms with Gasteiger partial charge in [-0.05, 0) is 31.5 Å². The standard InChI is InChI=1S/C9H10N2.2C2H6/c1-6-7(2)11-9-8(6)4-3-5-10-9;2*1-2/h3-5H,1-2H3,(H,10,11);2*1-2H3. The lowest BCUT2D eigenvalue weighted by atomic mass is 10.2. The molecule has 2 aromatic heterocycles. The van der Waals surface area contributed by atoms with Crippen molar-refractivity contribution in [2.45, 2.75) is 41.5 Å². The Labute approximate surface area is 92.7 Å². The number of pyridine rings is 1. The lowest BCUT2D eigenvalue weighted by Gasteiger charge is -1.87. The molecule has 0 atom stereocenters. The van der Waals surface area contributed by atoms with Crippen LogP contribution in [0.2, 0.25) is 0 Å². The van der Waals surface area contributed by atoms with Crippen LogP contribution in [0.15, 0.2) is 18.3 Å². The Kier molecular flexibility index (Phi) is 6.43. The summed E-state index contributed by atoms with van der Waals surface area (Å²) in [5, 5.41) is 1.23. The lowest BCUT2D eigenvalue weighted by Crippen LogP contribution is -1.72. The van der Waals surface area contributed by atoms with Crippen molar-refractivity contribution in [1.29, 1.82) is 0 Å². The topological polar surface area (TPSA) is 28.7 Å². The summed E-state index contributed by atoms with van der Waals surface area (Å²) >= 11 is 0. The molecule has 0 aromatic carbocycles. The van der Waals surface area contributed by atoms with Gasteiger partial charge >= 0.3 is 0 Å². The van der Waals surface area contributed by atoms with Gasteiger partial charge in [-0.3, -0.25) is 0 Å². The van der Waals surface area contributed by atoms with Crippen molar-refractivity contribution in [3.05, 3.63) is 29.6 Å². The zero-order chi connectivity index (χ0) is 11.8. The van der Waals surface area contributed by atoms with Crippen LogP contribution in [0.25, 0.3) is 11.0 Å². The van der Waals surface area contributed by atoms with Gasteiger partial charge in [0.1, 0.15) is 5.65 Å². The Hall–Kier alpha value is -1.31. The minimum Gasteiger partial charge on any atom is -0.343 e. The van der Waals surface area contributed by atoms with E-state index >= 15 is 0 Å². The van der Waals surface area contributed by atoms with E-state index in [1.807, 2.05) is 33.8 Å². The number of aromatic amines is 1. The fraction of sp³-hybridized carbons (Fsp3) is 0.462. The van der Waals surface area contributed by atoms with Gasteiger partial charge in [-0.1, -0.05) is 27.7 Å². The van der Waals surface area contributed by atoms with E-state index in [2.05, 4.69) is 29.9 Å². The summed E-state index contributed by atoms with van der Waals surface area (Å²) < 4.78 is 0. The van der Waals surface area contributed by atoms with Crippen molar-refractivity contribution >= 4 is 11.0 Å². The number of hydrogen-bond acceptors (Lipinski definition) is 1. The summed E-state index contributed by atoms with van der Waals surface area (Å²) in [6.07, 6.45) is 1.80. The maximum atomic E-state index is 4.21. The Balaban J connectivity index is 0.000000442. The van der Waals surface area contributed by atoms with Crippen molar-refractivity contribution in [3.63, 3.8) is 0 Å². The van der Waals surface area contributed by atoms with Crippen LogP contribution in [-0.4, -0.2) is 9.97 Å².